The first kappa shape index (κ1) is 23.4. The molecule has 3 aromatic rings. The number of nitrogens with zero attached hydrogens (tertiary/aromatic N) is 2. The molecule has 2 amide bonds. The smallest absolute Gasteiger partial charge is 0.270 e. The Labute approximate surface area is 192 Å². The third-order valence-electron chi connectivity index (χ3n) is 5.14. The van der Waals surface area contributed by atoms with E-state index in [1.54, 1.807) is 29.2 Å². The second kappa shape index (κ2) is 10.9. The second-order valence-corrected chi connectivity index (χ2v) is 7.62. The van der Waals surface area contributed by atoms with Crippen LogP contribution in [-0.4, -0.2) is 21.6 Å². The molecule has 168 valence electrons. The van der Waals surface area contributed by atoms with Crippen LogP contribution in [0.4, 0.5) is 11.4 Å². The van der Waals surface area contributed by atoms with E-state index >= 15 is 0 Å². The average Bonchev–Trinajstić information content (AvgIpc) is 2.81. The molecule has 1 unspecified atom stereocenters. The van der Waals surface area contributed by atoms with Crippen LogP contribution in [0.3, 0.4) is 0 Å². The quantitative estimate of drug-likeness (QED) is 0.288. The van der Waals surface area contributed by atoms with Gasteiger partial charge in [-0.25, -0.2) is 0 Å². The van der Waals surface area contributed by atoms with E-state index in [4.69, 9.17) is 0 Å². The van der Waals surface area contributed by atoms with Gasteiger partial charge in [0.15, 0.2) is 0 Å². The van der Waals surface area contributed by atoms with Gasteiger partial charge in [-0.2, -0.15) is 0 Å². The van der Waals surface area contributed by atoms with Crippen molar-refractivity contribution in [2.75, 3.05) is 5.32 Å². The predicted octanol–water partition coefficient (Wildman–Crippen LogP) is 5.36. The third kappa shape index (κ3) is 6.61. The zero-order chi connectivity index (χ0) is 23.8. The zero-order valence-corrected chi connectivity index (χ0v) is 18.5. The molecule has 3 rings (SSSR count). The van der Waals surface area contributed by atoms with Crippen LogP contribution in [0.5, 0.6) is 0 Å². The van der Waals surface area contributed by atoms with Crippen molar-refractivity contribution < 1.29 is 14.5 Å². The first-order chi connectivity index (χ1) is 15.8. The molecule has 0 saturated carbocycles. The minimum Gasteiger partial charge on any atom is -0.328 e. The van der Waals surface area contributed by atoms with Crippen LogP contribution in [0.1, 0.15) is 36.6 Å². The van der Waals surface area contributed by atoms with Gasteiger partial charge in [-0.05, 0) is 41.8 Å². The first-order valence-corrected chi connectivity index (χ1v) is 10.5. The van der Waals surface area contributed by atoms with Gasteiger partial charge in [0.05, 0.1) is 11.0 Å². The van der Waals surface area contributed by atoms with Gasteiger partial charge in [-0.1, -0.05) is 54.6 Å². The summed E-state index contributed by atoms with van der Waals surface area (Å²) in [4.78, 5) is 37.0. The molecule has 33 heavy (non-hydrogen) atoms. The highest BCUT2D eigenvalue weighted by Gasteiger charge is 2.21. The van der Waals surface area contributed by atoms with Crippen molar-refractivity contribution in [2.24, 2.45) is 0 Å². The van der Waals surface area contributed by atoms with Crippen LogP contribution >= 0.6 is 0 Å². The van der Waals surface area contributed by atoms with Gasteiger partial charge >= 0.3 is 0 Å². The van der Waals surface area contributed by atoms with Gasteiger partial charge in [-0.15, -0.1) is 0 Å². The Kier molecular flexibility index (Phi) is 7.70. The standard InChI is InChI=1S/C26H25N3O4/c1-19(23-11-7-12-24(17-23)27-20(2)30)28(18-22-8-4-3-5-9-22)26(31)15-14-21-10-6-13-25(16-21)29(32)33/h3-17,19H,18H2,1-2H3,(H,27,30)/b15-14+. The maximum atomic E-state index is 13.3. The number of benzene rings is 3. The molecular weight excluding hydrogens is 418 g/mol. The monoisotopic (exact) mass is 443 g/mol. The molecular formula is C26H25N3O4. The molecule has 0 fully saturated rings. The number of anilines is 1. The molecule has 0 aliphatic heterocycles. The number of nitrogens with one attached hydrogen (secondary N) is 1. The Balaban J connectivity index is 1.89. The summed E-state index contributed by atoms with van der Waals surface area (Å²) in [7, 11) is 0. The Morgan fingerprint density at radius 2 is 1.76 bits per heavy atom. The van der Waals surface area contributed by atoms with Crippen molar-refractivity contribution in [3.05, 3.63) is 112 Å². The summed E-state index contributed by atoms with van der Waals surface area (Å²) in [6.07, 6.45) is 3.00. The van der Waals surface area contributed by atoms with E-state index in [0.29, 0.717) is 17.8 Å². The van der Waals surface area contributed by atoms with Gasteiger partial charge in [0.25, 0.3) is 5.69 Å². The first-order valence-electron chi connectivity index (χ1n) is 10.5. The molecule has 0 aliphatic carbocycles. The molecule has 1 atom stereocenters. The molecule has 7 heteroatoms. The van der Waals surface area contributed by atoms with E-state index in [9.17, 15) is 19.7 Å². The summed E-state index contributed by atoms with van der Waals surface area (Å²) in [5, 5.41) is 13.8. The number of hydrogen-bond donors (Lipinski definition) is 1. The van der Waals surface area contributed by atoms with Crippen molar-refractivity contribution >= 4 is 29.3 Å². The fraction of sp³-hybridized carbons (Fsp3) is 0.154. The zero-order valence-electron chi connectivity index (χ0n) is 18.5. The SMILES string of the molecule is CC(=O)Nc1cccc(C(C)N(Cc2ccccc2)C(=O)/C=C/c2cccc([N+](=O)[O-])c2)c1. The lowest BCUT2D eigenvalue weighted by molar-refractivity contribution is -0.384. The Morgan fingerprint density at radius 3 is 2.45 bits per heavy atom. The number of amides is 2. The van der Waals surface area contributed by atoms with E-state index < -0.39 is 4.92 Å². The highest BCUT2D eigenvalue weighted by atomic mass is 16.6. The fourth-order valence-corrected chi connectivity index (χ4v) is 3.45. The number of non-ortho nitro benzene ring substituents is 1. The van der Waals surface area contributed by atoms with E-state index in [-0.39, 0.29) is 23.5 Å². The van der Waals surface area contributed by atoms with Gasteiger partial charge < -0.3 is 10.2 Å². The van der Waals surface area contributed by atoms with Crippen LogP contribution in [-0.2, 0) is 16.1 Å². The lowest BCUT2D eigenvalue weighted by atomic mass is 10.0. The molecule has 0 spiro atoms. The summed E-state index contributed by atoms with van der Waals surface area (Å²) in [6, 6.07) is 22.9. The topological polar surface area (TPSA) is 92.6 Å². The fourth-order valence-electron chi connectivity index (χ4n) is 3.45. The Hall–Kier alpha value is -4.26. The third-order valence-corrected chi connectivity index (χ3v) is 5.14. The molecule has 1 N–H and O–H groups in total. The maximum absolute atomic E-state index is 13.3. The molecule has 0 heterocycles. The highest BCUT2D eigenvalue weighted by Crippen LogP contribution is 2.26. The van der Waals surface area contributed by atoms with Crippen molar-refractivity contribution in [1.82, 2.24) is 4.90 Å². The largest absolute Gasteiger partial charge is 0.328 e. The average molecular weight is 444 g/mol. The number of hydrogen-bond acceptors (Lipinski definition) is 4. The lowest BCUT2D eigenvalue weighted by Crippen LogP contribution is -2.31. The van der Waals surface area contributed by atoms with Crippen LogP contribution in [0.15, 0.2) is 84.9 Å². The van der Waals surface area contributed by atoms with Crippen molar-refractivity contribution in [3.63, 3.8) is 0 Å². The predicted molar refractivity (Wildman–Crippen MR) is 128 cm³/mol. The van der Waals surface area contributed by atoms with Crippen LogP contribution in [0.2, 0.25) is 0 Å². The summed E-state index contributed by atoms with van der Waals surface area (Å²) >= 11 is 0. The highest BCUT2D eigenvalue weighted by molar-refractivity contribution is 5.92. The molecule has 0 bridgehead atoms. The van der Waals surface area contributed by atoms with Crippen LogP contribution < -0.4 is 5.32 Å². The van der Waals surface area contributed by atoms with Gasteiger partial charge in [0, 0.05) is 37.4 Å². The summed E-state index contributed by atoms with van der Waals surface area (Å²) < 4.78 is 0. The van der Waals surface area contributed by atoms with Crippen molar-refractivity contribution in [3.8, 4) is 0 Å². The van der Waals surface area contributed by atoms with E-state index in [1.807, 2.05) is 55.5 Å². The number of nitro benzene ring substituents is 1. The van der Waals surface area contributed by atoms with E-state index in [2.05, 4.69) is 5.32 Å². The number of nitro groups is 1. The Morgan fingerprint density at radius 1 is 1.03 bits per heavy atom. The van der Waals surface area contributed by atoms with Crippen LogP contribution in [0, 0.1) is 10.1 Å². The van der Waals surface area contributed by atoms with Crippen molar-refractivity contribution in [1.29, 1.82) is 0 Å². The minimum atomic E-state index is -0.467. The van der Waals surface area contributed by atoms with Crippen molar-refractivity contribution in [2.45, 2.75) is 26.4 Å². The molecule has 0 aliphatic rings. The Bertz CT molecular complexity index is 1170. The van der Waals surface area contributed by atoms with Gasteiger partial charge in [0.2, 0.25) is 11.8 Å². The van der Waals surface area contributed by atoms with E-state index in [1.165, 1.54) is 25.1 Å². The van der Waals surface area contributed by atoms with E-state index in [0.717, 1.165) is 11.1 Å². The lowest BCUT2D eigenvalue weighted by Gasteiger charge is -2.29. The number of carbonyl (C=O) groups is 2. The molecule has 7 nitrogen and oxygen atoms in total. The normalized spacial score (nSPS) is 11.7. The summed E-state index contributed by atoms with van der Waals surface area (Å²) in [5.41, 5.74) is 3.03. The number of rotatable bonds is 8. The van der Waals surface area contributed by atoms with Gasteiger partial charge in [-0.3, -0.25) is 19.7 Å². The second-order valence-electron chi connectivity index (χ2n) is 7.62. The molecule has 3 aromatic carbocycles. The molecule has 0 aromatic heterocycles. The van der Waals surface area contributed by atoms with Crippen LogP contribution in [0.25, 0.3) is 6.08 Å². The summed E-state index contributed by atoms with van der Waals surface area (Å²) in [5.74, 6) is -0.403. The summed E-state index contributed by atoms with van der Waals surface area (Å²) in [6.45, 7) is 3.75. The van der Waals surface area contributed by atoms with Gasteiger partial charge in [0.1, 0.15) is 0 Å². The maximum Gasteiger partial charge on any atom is 0.270 e. The molecule has 0 saturated heterocycles. The number of carbonyl (C=O) groups excluding carboxylic acids is 2. The minimum absolute atomic E-state index is 0.0334. The molecule has 0 radical (unpaired) electrons.